The number of hydrogen-bond acceptors (Lipinski definition) is 9. The second kappa shape index (κ2) is 7.51. The van der Waals surface area contributed by atoms with Crippen molar-refractivity contribution in [3.63, 3.8) is 0 Å². The molecular formula is C19H23NO8. The average Bonchev–Trinajstić information content (AvgIpc) is 2.65. The molecule has 4 N–H and O–H groups in total. The Hall–Kier alpha value is -2.46. The van der Waals surface area contributed by atoms with Crippen molar-refractivity contribution in [3.05, 3.63) is 33.2 Å². The molecule has 9 nitrogen and oxygen atoms in total. The maximum absolute atomic E-state index is 12.5. The van der Waals surface area contributed by atoms with Gasteiger partial charge in [0.05, 0.1) is 20.3 Å². The normalized spacial score (nSPS) is 17.3. The molecule has 1 saturated heterocycles. The fourth-order valence-corrected chi connectivity index (χ4v) is 3.60. The number of aldehydes is 1. The van der Waals surface area contributed by atoms with Crippen LogP contribution in [0.25, 0.3) is 11.0 Å². The molecule has 1 aromatic carbocycles. The molecule has 0 aliphatic carbocycles. The first-order chi connectivity index (χ1) is 13.3. The van der Waals surface area contributed by atoms with E-state index >= 15 is 0 Å². The third kappa shape index (κ3) is 3.16. The molecule has 1 fully saturated rings. The number of aliphatic hydroxyl groups excluding tert-OH is 3. The van der Waals surface area contributed by atoms with Crippen molar-refractivity contribution >= 4 is 17.3 Å². The Morgan fingerprint density at radius 1 is 1.36 bits per heavy atom. The number of fused-ring (bicyclic) bond motifs is 1. The molecule has 1 aliphatic heterocycles. The van der Waals surface area contributed by atoms with E-state index in [0.717, 1.165) is 0 Å². The Kier molecular flexibility index (Phi) is 5.44. The summed E-state index contributed by atoms with van der Waals surface area (Å²) in [6.45, 7) is 1.88. The van der Waals surface area contributed by atoms with Gasteiger partial charge in [0.15, 0.2) is 23.4 Å². The van der Waals surface area contributed by atoms with Crippen LogP contribution < -0.4 is 10.4 Å². The lowest BCUT2D eigenvalue weighted by Gasteiger charge is -2.50. The summed E-state index contributed by atoms with van der Waals surface area (Å²) in [6.07, 6.45) is -0.646. The van der Waals surface area contributed by atoms with E-state index in [1.54, 1.807) is 11.8 Å². The number of aromatic hydroxyl groups is 1. The molecule has 0 bridgehead atoms. The largest absolute Gasteiger partial charge is 0.504 e. The highest BCUT2D eigenvalue weighted by Crippen LogP contribution is 2.37. The number of phenolic OH excluding ortho intramolecular Hbond substituents is 1. The number of ether oxygens (including phenoxy) is 1. The summed E-state index contributed by atoms with van der Waals surface area (Å²) < 4.78 is 10.4. The van der Waals surface area contributed by atoms with Gasteiger partial charge in [0.2, 0.25) is 0 Å². The number of hydrogen-bond donors (Lipinski definition) is 4. The summed E-state index contributed by atoms with van der Waals surface area (Å²) in [5, 5.41) is 39.7. The van der Waals surface area contributed by atoms with E-state index < -0.39 is 23.0 Å². The predicted molar refractivity (Wildman–Crippen MR) is 98.7 cm³/mol. The zero-order chi connectivity index (χ0) is 20.6. The smallest absolute Gasteiger partial charge is 0.339 e. The third-order valence-corrected chi connectivity index (χ3v) is 5.44. The van der Waals surface area contributed by atoms with Crippen molar-refractivity contribution in [2.24, 2.45) is 5.41 Å². The number of benzene rings is 1. The Labute approximate surface area is 160 Å². The number of phenols is 1. The molecule has 1 atom stereocenters. The SMILES string of the molecule is COc1cc2c(C)c(CC(O)N3CC(CO)(CO)C3)c(=O)oc2c(C=O)c1O. The lowest BCUT2D eigenvalue weighted by molar-refractivity contribution is -0.143. The lowest BCUT2D eigenvalue weighted by Crippen LogP contribution is -2.63. The molecule has 28 heavy (non-hydrogen) atoms. The van der Waals surface area contributed by atoms with Crippen LogP contribution in [-0.2, 0) is 6.42 Å². The minimum absolute atomic E-state index is 0.0311. The van der Waals surface area contributed by atoms with Crippen LogP contribution in [0.5, 0.6) is 11.5 Å². The van der Waals surface area contributed by atoms with Crippen LogP contribution >= 0.6 is 0 Å². The maximum Gasteiger partial charge on any atom is 0.339 e. The number of likely N-dealkylation sites (tertiary alicyclic amines) is 1. The number of methoxy groups -OCH3 is 1. The van der Waals surface area contributed by atoms with Gasteiger partial charge in [0.1, 0.15) is 11.8 Å². The van der Waals surface area contributed by atoms with Crippen molar-refractivity contribution in [3.8, 4) is 11.5 Å². The minimum Gasteiger partial charge on any atom is -0.504 e. The first-order valence-electron chi connectivity index (χ1n) is 8.76. The van der Waals surface area contributed by atoms with Crippen LogP contribution in [0.3, 0.4) is 0 Å². The molecule has 9 heteroatoms. The van der Waals surface area contributed by atoms with Crippen molar-refractivity contribution in [2.45, 2.75) is 19.6 Å². The van der Waals surface area contributed by atoms with E-state index in [1.165, 1.54) is 13.2 Å². The maximum atomic E-state index is 12.5. The van der Waals surface area contributed by atoms with Crippen LogP contribution in [0, 0.1) is 12.3 Å². The van der Waals surface area contributed by atoms with E-state index in [2.05, 4.69) is 0 Å². The molecule has 1 unspecified atom stereocenters. The molecule has 0 spiro atoms. The average molecular weight is 393 g/mol. The molecule has 0 amide bonds. The minimum atomic E-state index is -1.00. The van der Waals surface area contributed by atoms with Crippen molar-refractivity contribution in [1.29, 1.82) is 0 Å². The number of nitrogens with zero attached hydrogens (tertiary/aromatic N) is 1. The molecule has 2 aromatic rings. The number of rotatable bonds is 7. The van der Waals surface area contributed by atoms with E-state index in [0.29, 0.717) is 30.3 Å². The van der Waals surface area contributed by atoms with Gasteiger partial charge in [-0.1, -0.05) is 0 Å². The Morgan fingerprint density at radius 3 is 2.54 bits per heavy atom. The van der Waals surface area contributed by atoms with E-state index in [-0.39, 0.29) is 42.1 Å². The summed E-state index contributed by atoms with van der Waals surface area (Å²) in [5.74, 6) is -0.346. The van der Waals surface area contributed by atoms with Crippen LogP contribution in [0.4, 0.5) is 0 Å². The van der Waals surface area contributed by atoms with Crippen LogP contribution in [-0.4, -0.2) is 71.3 Å². The zero-order valence-electron chi connectivity index (χ0n) is 15.6. The second-order valence-electron chi connectivity index (χ2n) is 7.23. The quantitative estimate of drug-likeness (QED) is 0.371. The molecule has 152 valence electrons. The Morgan fingerprint density at radius 2 is 2.00 bits per heavy atom. The molecule has 0 radical (unpaired) electrons. The number of aliphatic hydroxyl groups is 3. The Balaban J connectivity index is 1.98. The van der Waals surface area contributed by atoms with E-state index in [9.17, 15) is 30.0 Å². The molecule has 3 rings (SSSR count). The highest BCUT2D eigenvalue weighted by atomic mass is 16.5. The molecule has 0 saturated carbocycles. The number of carbonyl (C=O) groups excluding carboxylic acids is 1. The summed E-state index contributed by atoms with van der Waals surface area (Å²) in [7, 11) is 1.34. The van der Waals surface area contributed by atoms with E-state index in [4.69, 9.17) is 9.15 Å². The number of carbonyl (C=O) groups is 1. The molecular weight excluding hydrogens is 370 g/mol. The van der Waals surface area contributed by atoms with Gasteiger partial charge >= 0.3 is 5.63 Å². The van der Waals surface area contributed by atoms with Crippen LogP contribution in [0.1, 0.15) is 21.5 Å². The summed E-state index contributed by atoms with van der Waals surface area (Å²) in [6, 6.07) is 1.47. The van der Waals surface area contributed by atoms with Crippen molar-refractivity contribution in [2.75, 3.05) is 33.4 Å². The van der Waals surface area contributed by atoms with E-state index in [1.807, 2.05) is 0 Å². The van der Waals surface area contributed by atoms with Gasteiger partial charge in [-0.2, -0.15) is 0 Å². The summed E-state index contributed by atoms with van der Waals surface area (Å²) in [5.41, 5.74) is -0.850. The standard InChI is InChI=1S/C19H23NO8/c1-10-11-3-14(27-2)16(25)13(5-21)17(11)28-18(26)12(10)4-15(24)20-6-19(7-20,8-22)9-23/h3,5,15,22-25H,4,6-9H2,1-2H3. The summed E-state index contributed by atoms with van der Waals surface area (Å²) >= 11 is 0. The molecule has 2 heterocycles. The van der Waals surface area contributed by atoms with Crippen molar-refractivity contribution in [1.82, 2.24) is 4.90 Å². The lowest BCUT2D eigenvalue weighted by atomic mass is 9.81. The molecule has 1 aliphatic rings. The third-order valence-electron chi connectivity index (χ3n) is 5.44. The zero-order valence-corrected chi connectivity index (χ0v) is 15.6. The molecule has 1 aromatic heterocycles. The first kappa shape index (κ1) is 20.3. The van der Waals surface area contributed by atoms with Gasteiger partial charge in [-0.3, -0.25) is 9.69 Å². The van der Waals surface area contributed by atoms with Gasteiger partial charge in [-0.15, -0.1) is 0 Å². The fraction of sp³-hybridized carbons (Fsp3) is 0.474. The van der Waals surface area contributed by atoms with Gasteiger partial charge in [-0.25, -0.2) is 4.79 Å². The fourth-order valence-electron chi connectivity index (χ4n) is 3.60. The van der Waals surface area contributed by atoms with Gasteiger partial charge in [-0.05, 0) is 18.6 Å². The van der Waals surface area contributed by atoms with Gasteiger partial charge in [0.25, 0.3) is 0 Å². The predicted octanol–water partition coefficient (Wildman–Crippen LogP) is -0.224. The van der Waals surface area contributed by atoms with Crippen LogP contribution in [0.2, 0.25) is 0 Å². The monoisotopic (exact) mass is 393 g/mol. The Bertz CT molecular complexity index is 955. The van der Waals surface area contributed by atoms with Crippen LogP contribution in [0.15, 0.2) is 15.3 Å². The highest BCUT2D eigenvalue weighted by molar-refractivity contribution is 6.00. The topological polar surface area (TPSA) is 141 Å². The first-order valence-corrected chi connectivity index (χ1v) is 8.76. The van der Waals surface area contributed by atoms with Gasteiger partial charge in [0, 0.05) is 35.9 Å². The summed E-state index contributed by atoms with van der Waals surface area (Å²) in [4.78, 5) is 25.5. The van der Waals surface area contributed by atoms with Crippen molar-refractivity contribution < 1.29 is 34.4 Å². The highest BCUT2D eigenvalue weighted by Gasteiger charge is 2.44. The van der Waals surface area contributed by atoms with Gasteiger partial charge < -0.3 is 29.6 Å². The second-order valence-corrected chi connectivity index (χ2v) is 7.23. The number of aryl methyl sites for hydroxylation is 1.